The maximum atomic E-state index is 9.60. The molecule has 0 heterocycles. The van der Waals surface area contributed by atoms with Crippen molar-refractivity contribution in [2.45, 2.75) is 84.5 Å². The maximum absolute atomic E-state index is 9.60. The molecule has 0 unspecified atom stereocenters. The molecule has 0 aromatic carbocycles. The number of carbonyl (C=O) groups is 1. The molecular formula is C17H34O3. The van der Waals surface area contributed by atoms with Gasteiger partial charge in [0.15, 0.2) is 0 Å². The van der Waals surface area contributed by atoms with Gasteiger partial charge in [0.2, 0.25) is 0 Å². The second-order valence-electron chi connectivity index (χ2n) is 5.34. The Morgan fingerprint density at radius 2 is 1.15 bits per heavy atom. The SMILES string of the molecule is C=C(C)C(=O)O.CCCCCCCCCCCCCO. The van der Waals surface area contributed by atoms with Crippen molar-refractivity contribution in [1.82, 2.24) is 0 Å². The summed E-state index contributed by atoms with van der Waals surface area (Å²) in [4.78, 5) is 9.60. The highest BCUT2D eigenvalue weighted by Gasteiger charge is 1.92. The highest BCUT2D eigenvalue weighted by atomic mass is 16.4. The van der Waals surface area contributed by atoms with Crippen LogP contribution in [0.1, 0.15) is 84.5 Å². The van der Waals surface area contributed by atoms with Gasteiger partial charge in [-0.1, -0.05) is 77.7 Å². The van der Waals surface area contributed by atoms with Gasteiger partial charge in [0.05, 0.1) is 0 Å². The number of rotatable bonds is 12. The smallest absolute Gasteiger partial charge is 0.330 e. The van der Waals surface area contributed by atoms with Gasteiger partial charge in [-0.2, -0.15) is 0 Å². The Labute approximate surface area is 125 Å². The summed E-state index contributed by atoms with van der Waals surface area (Å²) in [5.41, 5.74) is 0.176. The molecule has 3 heteroatoms. The molecule has 0 aromatic rings. The number of aliphatic carboxylic acids is 1. The van der Waals surface area contributed by atoms with E-state index in [-0.39, 0.29) is 5.57 Å². The Bertz CT molecular complexity index is 200. The molecule has 0 aliphatic heterocycles. The number of carboxylic acids is 1. The fourth-order valence-electron chi connectivity index (χ4n) is 1.78. The molecule has 0 spiro atoms. The molecule has 120 valence electrons. The third-order valence-corrected chi connectivity index (χ3v) is 3.13. The monoisotopic (exact) mass is 286 g/mol. The summed E-state index contributed by atoms with van der Waals surface area (Å²) < 4.78 is 0. The Morgan fingerprint density at radius 3 is 1.40 bits per heavy atom. The summed E-state index contributed by atoms with van der Waals surface area (Å²) in [7, 11) is 0. The largest absolute Gasteiger partial charge is 0.478 e. The Kier molecular flexibility index (Phi) is 19.5. The molecular weight excluding hydrogens is 252 g/mol. The molecule has 0 amide bonds. The van der Waals surface area contributed by atoms with Crippen LogP contribution < -0.4 is 0 Å². The van der Waals surface area contributed by atoms with Gasteiger partial charge in [-0.3, -0.25) is 0 Å². The lowest BCUT2D eigenvalue weighted by Gasteiger charge is -2.01. The molecule has 0 saturated heterocycles. The van der Waals surface area contributed by atoms with E-state index in [1.54, 1.807) is 0 Å². The van der Waals surface area contributed by atoms with Crippen LogP contribution in [0.25, 0.3) is 0 Å². The van der Waals surface area contributed by atoms with Crippen LogP contribution in [-0.2, 0) is 4.79 Å². The Hall–Kier alpha value is -0.830. The summed E-state index contributed by atoms with van der Waals surface area (Å²) in [5.74, 6) is -0.935. The fourth-order valence-corrected chi connectivity index (χ4v) is 1.78. The van der Waals surface area contributed by atoms with Gasteiger partial charge >= 0.3 is 5.97 Å². The lowest BCUT2D eigenvalue weighted by molar-refractivity contribution is -0.132. The Balaban J connectivity index is 0. The zero-order chi connectivity index (χ0) is 15.6. The molecule has 0 aliphatic carbocycles. The van der Waals surface area contributed by atoms with E-state index in [1.807, 2.05) is 0 Å². The maximum Gasteiger partial charge on any atom is 0.330 e. The number of aliphatic hydroxyl groups is 1. The van der Waals surface area contributed by atoms with Crippen molar-refractivity contribution < 1.29 is 15.0 Å². The molecule has 20 heavy (non-hydrogen) atoms. The average molecular weight is 286 g/mol. The zero-order valence-electron chi connectivity index (χ0n) is 13.5. The topological polar surface area (TPSA) is 57.5 Å². The van der Waals surface area contributed by atoms with Crippen LogP contribution in [-0.4, -0.2) is 22.8 Å². The predicted octanol–water partition coefficient (Wildman–Crippen LogP) is 4.94. The molecule has 0 aromatic heterocycles. The van der Waals surface area contributed by atoms with Crippen LogP contribution in [0, 0.1) is 0 Å². The van der Waals surface area contributed by atoms with E-state index in [2.05, 4.69) is 13.5 Å². The number of hydrogen-bond donors (Lipinski definition) is 2. The van der Waals surface area contributed by atoms with Crippen molar-refractivity contribution in [3.05, 3.63) is 12.2 Å². The molecule has 0 rings (SSSR count). The van der Waals surface area contributed by atoms with Crippen LogP contribution in [0.15, 0.2) is 12.2 Å². The lowest BCUT2D eigenvalue weighted by Crippen LogP contribution is -1.92. The van der Waals surface area contributed by atoms with Crippen molar-refractivity contribution in [3.8, 4) is 0 Å². The standard InChI is InChI=1S/C13H28O.C4H6O2/c1-2-3-4-5-6-7-8-9-10-11-12-13-14;1-3(2)4(5)6/h14H,2-13H2,1H3;1H2,2H3,(H,5,6). The molecule has 3 nitrogen and oxygen atoms in total. The van der Waals surface area contributed by atoms with Gasteiger partial charge < -0.3 is 10.2 Å². The molecule has 2 N–H and O–H groups in total. The summed E-state index contributed by atoms with van der Waals surface area (Å²) in [6, 6.07) is 0. The summed E-state index contributed by atoms with van der Waals surface area (Å²) in [5, 5.41) is 16.5. The van der Waals surface area contributed by atoms with Crippen molar-refractivity contribution >= 4 is 5.97 Å². The van der Waals surface area contributed by atoms with Crippen LogP contribution in [0.5, 0.6) is 0 Å². The van der Waals surface area contributed by atoms with E-state index >= 15 is 0 Å². The van der Waals surface area contributed by atoms with Gasteiger partial charge in [0, 0.05) is 12.2 Å². The van der Waals surface area contributed by atoms with E-state index < -0.39 is 5.97 Å². The minimum absolute atomic E-state index is 0.176. The minimum Gasteiger partial charge on any atom is -0.478 e. The average Bonchev–Trinajstić information content (AvgIpc) is 2.41. The van der Waals surface area contributed by atoms with Crippen molar-refractivity contribution in [3.63, 3.8) is 0 Å². The number of hydrogen-bond acceptors (Lipinski definition) is 2. The summed E-state index contributed by atoms with van der Waals surface area (Å²) in [6.45, 7) is 7.24. The Morgan fingerprint density at radius 1 is 0.850 bits per heavy atom. The van der Waals surface area contributed by atoms with Crippen molar-refractivity contribution in [2.24, 2.45) is 0 Å². The van der Waals surface area contributed by atoms with E-state index in [0.29, 0.717) is 6.61 Å². The molecule has 0 atom stereocenters. The molecule has 0 fully saturated rings. The summed E-state index contributed by atoms with van der Waals surface area (Å²) >= 11 is 0. The van der Waals surface area contributed by atoms with Crippen molar-refractivity contribution in [2.75, 3.05) is 6.61 Å². The first-order chi connectivity index (χ1) is 9.56. The van der Waals surface area contributed by atoms with Gasteiger partial charge in [0.25, 0.3) is 0 Å². The van der Waals surface area contributed by atoms with Gasteiger partial charge in [-0.05, 0) is 13.3 Å². The fraction of sp³-hybridized carbons (Fsp3) is 0.824. The number of unbranched alkanes of at least 4 members (excludes halogenated alkanes) is 10. The predicted molar refractivity (Wildman–Crippen MR) is 86.0 cm³/mol. The molecule has 0 radical (unpaired) electrons. The third kappa shape index (κ3) is 22.4. The zero-order valence-corrected chi connectivity index (χ0v) is 13.5. The van der Waals surface area contributed by atoms with Crippen LogP contribution >= 0.6 is 0 Å². The quantitative estimate of drug-likeness (QED) is 0.395. The normalized spacial score (nSPS) is 9.75. The second-order valence-corrected chi connectivity index (χ2v) is 5.34. The van der Waals surface area contributed by atoms with Gasteiger partial charge in [-0.25, -0.2) is 4.79 Å². The van der Waals surface area contributed by atoms with Crippen molar-refractivity contribution in [1.29, 1.82) is 0 Å². The van der Waals surface area contributed by atoms with Crippen LogP contribution in [0.3, 0.4) is 0 Å². The second kappa shape index (κ2) is 18.2. The first-order valence-electron chi connectivity index (χ1n) is 8.05. The van der Waals surface area contributed by atoms with Crippen LogP contribution in [0.2, 0.25) is 0 Å². The first kappa shape index (κ1) is 21.5. The van der Waals surface area contributed by atoms with Crippen LogP contribution in [0.4, 0.5) is 0 Å². The highest BCUT2D eigenvalue weighted by Crippen LogP contribution is 2.10. The first-order valence-corrected chi connectivity index (χ1v) is 8.05. The minimum atomic E-state index is -0.935. The van der Waals surface area contributed by atoms with E-state index in [4.69, 9.17) is 10.2 Å². The molecule has 0 aliphatic rings. The highest BCUT2D eigenvalue weighted by molar-refractivity contribution is 5.84. The number of aliphatic hydroxyl groups excluding tert-OH is 1. The van der Waals surface area contributed by atoms with E-state index in [1.165, 1.54) is 71.1 Å². The van der Waals surface area contributed by atoms with E-state index in [9.17, 15) is 4.79 Å². The summed E-state index contributed by atoms with van der Waals surface area (Å²) in [6.07, 6.45) is 14.8. The van der Waals surface area contributed by atoms with E-state index in [0.717, 1.165) is 6.42 Å². The molecule has 0 saturated carbocycles. The molecule has 0 bridgehead atoms. The third-order valence-electron chi connectivity index (χ3n) is 3.13. The van der Waals surface area contributed by atoms with Gasteiger partial charge in [0.1, 0.15) is 0 Å². The lowest BCUT2D eigenvalue weighted by atomic mass is 10.1. The number of carboxylic acid groups (broad SMARTS) is 1. The van der Waals surface area contributed by atoms with Gasteiger partial charge in [-0.15, -0.1) is 0 Å².